The van der Waals surface area contributed by atoms with E-state index in [9.17, 15) is 0 Å². The van der Waals surface area contributed by atoms with Crippen LogP contribution in [-0.2, 0) is 37.9 Å². The molecule has 16 atom stereocenters. The summed E-state index contributed by atoms with van der Waals surface area (Å²) < 4.78 is 53.6. The molecular weight excluding hydrogens is 865 g/mol. The summed E-state index contributed by atoms with van der Waals surface area (Å²) in [6, 6.07) is 0. The van der Waals surface area contributed by atoms with Crippen LogP contribution in [0.15, 0.2) is 48.6 Å². The molecule has 16 bridgehead atoms. The molecule has 4 fully saturated rings. The van der Waals surface area contributed by atoms with Crippen molar-refractivity contribution in [3.63, 3.8) is 0 Å². The van der Waals surface area contributed by atoms with Crippen molar-refractivity contribution in [2.45, 2.75) is 151 Å². The van der Waals surface area contributed by atoms with Crippen molar-refractivity contribution >= 4 is 44.9 Å². The first-order chi connectivity index (χ1) is 32.6. The van der Waals surface area contributed by atoms with E-state index in [2.05, 4.69) is 58.6 Å². The molecule has 0 spiro atoms. The first kappa shape index (κ1) is 38.8. The quantitative estimate of drug-likeness (QED) is 0.222. The van der Waals surface area contributed by atoms with Gasteiger partial charge in [-0.25, -0.2) is 29.9 Å². The Hall–Kier alpha value is -5.04. The average molecular weight is 915 g/mol. The topological polar surface area (TPSA) is 183 Å². The highest BCUT2D eigenvalue weighted by Crippen LogP contribution is 2.61. The molecule has 4 saturated heterocycles. The normalized spacial score (nSPS) is 42.4. The fraction of sp³-hybridized carbons (Fsp3) is 0.538. The molecule has 21 rings (SSSR count). The molecule has 0 saturated carbocycles. The summed E-state index contributed by atoms with van der Waals surface area (Å²) in [6.45, 7) is 16.0. The van der Waals surface area contributed by atoms with Crippen molar-refractivity contribution in [2.75, 3.05) is 0 Å². The number of rotatable bonds is 0. The number of fused-ring (bicyclic) bond motifs is 8. The van der Waals surface area contributed by atoms with Crippen molar-refractivity contribution in [1.29, 1.82) is 0 Å². The Bertz CT molecular complexity index is 3110. The molecule has 18 aliphatic rings. The lowest BCUT2D eigenvalue weighted by Crippen LogP contribution is -2.43. The smallest absolute Gasteiger partial charge is 0.163 e. The van der Waals surface area contributed by atoms with Gasteiger partial charge in [0.2, 0.25) is 0 Å². The van der Waals surface area contributed by atoms with Crippen LogP contribution in [0.2, 0.25) is 0 Å². The van der Waals surface area contributed by atoms with Gasteiger partial charge in [-0.05, 0) is 55.4 Å². The number of hydrogen-bond acceptors (Lipinski definition) is 14. The van der Waals surface area contributed by atoms with Crippen LogP contribution in [0.3, 0.4) is 0 Å². The predicted octanol–water partition coefficient (Wildman–Crippen LogP) is 6.93. The molecule has 16 unspecified atom stereocenters. The third-order valence-corrected chi connectivity index (χ3v) is 17.2. The molecule has 12 aliphatic carbocycles. The second kappa shape index (κ2) is 11.9. The van der Waals surface area contributed by atoms with Gasteiger partial charge in [0, 0.05) is 91.9 Å². The molecule has 68 heavy (non-hydrogen) atoms. The van der Waals surface area contributed by atoms with Crippen LogP contribution in [0, 0.1) is 23.7 Å². The number of H-pyrrole nitrogens is 2. The van der Waals surface area contributed by atoms with E-state index in [1.807, 2.05) is 55.4 Å². The SMILES string of the molecule is CC1(C)OC2C3C=CC(C4=C3c3nc5nc(nc6[nH]c(nc7[nH]c(nc4n3)c3c7C4C=CC3C3OC(C)(C)OC43)c3c6C4C=CC3C3OC(C)(C)OC43)C3=C5C4C=CC3C3OC(C)(C)OC43)C2O1. The number of aromatic nitrogens is 8. The summed E-state index contributed by atoms with van der Waals surface area (Å²) in [5, 5.41) is 0. The molecule has 3 aromatic rings. The van der Waals surface area contributed by atoms with Crippen LogP contribution in [0.5, 0.6) is 0 Å². The van der Waals surface area contributed by atoms with Crippen molar-refractivity contribution in [3.05, 3.63) is 94.2 Å². The van der Waals surface area contributed by atoms with Gasteiger partial charge in [-0.1, -0.05) is 48.6 Å². The Labute approximate surface area is 390 Å². The molecule has 0 aromatic carbocycles. The Morgan fingerprint density at radius 2 is 0.500 bits per heavy atom. The monoisotopic (exact) mass is 914 g/mol. The second-order valence-corrected chi connectivity index (χ2v) is 22.9. The first-order valence-electron chi connectivity index (χ1n) is 24.5. The first-order valence-corrected chi connectivity index (χ1v) is 24.5. The molecule has 9 heterocycles. The maximum atomic E-state index is 6.71. The molecule has 0 amide bonds. The van der Waals surface area contributed by atoms with Crippen LogP contribution in [0.1, 0.15) is 125 Å². The van der Waals surface area contributed by atoms with Gasteiger partial charge in [0.1, 0.15) is 22.6 Å². The zero-order valence-corrected chi connectivity index (χ0v) is 38.8. The maximum absolute atomic E-state index is 6.71. The molecule has 2 N–H and O–H groups in total. The largest absolute Gasteiger partial charge is 0.344 e. The molecule has 0 radical (unpaired) electrons. The van der Waals surface area contributed by atoms with E-state index in [4.69, 9.17) is 67.8 Å². The highest BCUT2D eigenvalue weighted by atomic mass is 16.8. The highest BCUT2D eigenvalue weighted by Gasteiger charge is 2.61. The highest BCUT2D eigenvalue weighted by molar-refractivity contribution is 5.99. The molecule has 3 aromatic heterocycles. The number of aromatic amines is 2. The summed E-state index contributed by atoms with van der Waals surface area (Å²) >= 11 is 0. The number of nitrogens with zero attached hydrogens (tertiary/aromatic N) is 6. The Morgan fingerprint density at radius 1 is 0.294 bits per heavy atom. The van der Waals surface area contributed by atoms with E-state index in [0.717, 1.165) is 44.5 Å². The van der Waals surface area contributed by atoms with E-state index in [0.29, 0.717) is 45.9 Å². The summed E-state index contributed by atoms with van der Waals surface area (Å²) in [7, 11) is 0. The van der Waals surface area contributed by atoms with Crippen LogP contribution < -0.4 is 0 Å². The molecule has 346 valence electrons. The van der Waals surface area contributed by atoms with Gasteiger partial charge in [0.15, 0.2) is 46.4 Å². The predicted molar refractivity (Wildman–Crippen MR) is 243 cm³/mol. The fourth-order valence-corrected chi connectivity index (χ4v) is 15.1. The molecule has 6 aliphatic heterocycles. The Kier molecular flexibility index (Phi) is 6.80. The summed E-state index contributed by atoms with van der Waals surface area (Å²) in [6.07, 6.45) is 16.4. The van der Waals surface area contributed by atoms with E-state index in [-0.39, 0.29) is 96.2 Å². The van der Waals surface area contributed by atoms with Gasteiger partial charge in [-0.3, -0.25) is 0 Å². The number of nitrogens with one attached hydrogen (secondary N) is 2. The van der Waals surface area contributed by atoms with E-state index < -0.39 is 23.1 Å². The van der Waals surface area contributed by atoms with Crippen LogP contribution >= 0.6 is 0 Å². The van der Waals surface area contributed by atoms with E-state index >= 15 is 0 Å². The lowest BCUT2D eigenvalue weighted by atomic mass is 9.68. The summed E-state index contributed by atoms with van der Waals surface area (Å²) in [4.78, 5) is 40.9. The van der Waals surface area contributed by atoms with Crippen molar-refractivity contribution < 1.29 is 37.9 Å². The number of hydrogen-bond donors (Lipinski definition) is 2. The minimum Gasteiger partial charge on any atom is -0.344 e. The summed E-state index contributed by atoms with van der Waals surface area (Å²) in [5.74, 6) is -1.91. The van der Waals surface area contributed by atoms with Gasteiger partial charge in [-0.15, -0.1) is 0 Å². The third-order valence-electron chi connectivity index (χ3n) is 17.2. The van der Waals surface area contributed by atoms with Gasteiger partial charge < -0.3 is 47.9 Å². The van der Waals surface area contributed by atoms with Crippen LogP contribution in [0.4, 0.5) is 0 Å². The lowest BCUT2D eigenvalue weighted by molar-refractivity contribution is -0.148. The van der Waals surface area contributed by atoms with Crippen molar-refractivity contribution in [2.24, 2.45) is 23.7 Å². The lowest BCUT2D eigenvalue weighted by Gasteiger charge is -2.40. The van der Waals surface area contributed by atoms with E-state index in [1.54, 1.807) is 0 Å². The van der Waals surface area contributed by atoms with E-state index in [1.165, 1.54) is 0 Å². The van der Waals surface area contributed by atoms with Gasteiger partial charge in [-0.2, -0.15) is 0 Å². The zero-order valence-electron chi connectivity index (χ0n) is 38.8. The summed E-state index contributed by atoms with van der Waals surface area (Å²) in [5.41, 5.74) is 11.0. The van der Waals surface area contributed by atoms with Gasteiger partial charge >= 0.3 is 0 Å². The van der Waals surface area contributed by atoms with Crippen LogP contribution in [-0.4, -0.2) is 112 Å². The molecule has 16 heteroatoms. The Morgan fingerprint density at radius 3 is 0.765 bits per heavy atom. The molecular formula is C52H50N8O8. The minimum atomic E-state index is -0.759. The Balaban J connectivity index is 0.979. The molecule has 16 nitrogen and oxygen atoms in total. The fourth-order valence-electron chi connectivity index (χ4n) is 15.1. The van der Waals surface area contributed by atoms with Gasteiger partial charge in [0.25, 0.3) is 0 Å². The average Bonchev–Trinajstić information content (AvgIpc) is 4.16. The van der Waals surface area contributed by atoms with Crippen LogP contribution in [0.25, 0.3) is 44.9 Å². The number of ether oxygens (including phenoxy) is 8. The van der Waals surface area contributed by atoms with Crippen molar-refractivity contribution in [1.82, 2.24) is 39.9 Å². The standard InChI is InChI=1S/C52H50N8O8/c1-49(2)61-33-17-9-10-18(34(33)62-49)26-25(17)41-53-42(26)58-44-28-20-12-14-22(38-36(20)64-51(5,6)66-38)30(28)46(55-44)60-48-32-24-16-15-23(39-40(24)68-52(7,8)67-39)31(32)47(56-48)59-45-29-21-13-11-19(27(29)43(54-45)57-41)35-37(21)65-50(3,4)63-35/h9-24,33-40H,1-8H3,(H2,53,54,55,56,57,58,59,60). The maximum Gasteiger partial charge on any atom is 0.163 e. The minimum absolute atomic E-state index is 0.138. The third kappa shape index (κ3) is 4.74. The van der Waals surface area contributed by atoms with Gasteiger partial charge in [0.05, 0.1) is 48.8 Å². The van der Waals surface area contributed by atoms with Crippen molar-refractivity contribution in [3.8, 4) is 0 Å². The second-order valence-electron chi connectivity index (χ2n) is 22.9. The zero-order chi connectivity index (χ0) is 45.4.